The standard InChI is InChI=1S/C29H31BrN4O3/c1-5-26(36)32-14-22(15-32)31-25(35)16-34-19(4)27(24-13-21(30)12-17(2)28(24)34)29(37)33-11-10-20-8-6-7-9-23(20)18(33)3/h5-9,12-13,18,22H,1,10-11,14-16H2,2-4H3,(H,31,35)/t18-/m1/s1. The molecule has 3 heterocycles. The molecule has 1 N–H and O–H groups in total. The fourth-order valence-corrected chi connectivity index (χ4v) is 6.31. The van der Waals surface area contributed by atoms with Crippen molar-refractivity contribution in [3.05, 3.63) is 81.5 Å². The molecule has 8 heteroatoms. The van der Waals surface area contributed by atoms with Crippen LogP contribution < -0.4 is 5.32 Å². The van der Waals surface area contributed by atoms with E-state index in [1.54, 1.807) is 4.90 Å². The Morgan fingerprint density at radius 2 is 1.89 bits per heavy atom. The quantitative estimate of drug-likeness (QED) is 0.471. The van der Waals surface area contributed by atoms with E-state index >= 15 is 0 Å². The van der Waals surface area contributed by atoms with E-state index in [1.807, 2.05) is 47.6 Å². The minimum absolute atomic E-state index is 0.0151. The van der Waals surface area contributed by atoms with E-state index in [1.165, 1.54) is 17.2 Å². The van der Waals surface area contributed by atoms with Crippen LogP contribution in [-0.4, -0.2) is 57.8 Å². The van der Waals surface area contributed by atoms with Crippen molar-refractivity contribution in [3.8, 4) is 0 Å². The third-order valence-corrected chi connectivity index (χ3v) is 8.13. The molecule has 0 saturated carbocycles. The van der Waals surface area contributed by atoms with Gasteiger partial charge in [-0.25, -0.2) is 0 Å². The number of benzene rings is 2. The summed E-state index contributed by atoms with van der Waals surface area (Å²) in [5, 5.41) is 3.87. The van der Waals surface area contributed by atoms with Crippen LogP contribution in [0.3, 0.4) is 0 Å². The lowest BCUT2D eigenvalue weighted by atomic mass is 9.93. The molecule has 2 aliphatic rings. The number of amides is 3. The predicted molar refractivity (Wildman–Crippen MR) is 147 cm³/mol. The molecule has 0 aliphatic carbocycles. The van der Waals surface area contributed by atoms with E-state index in [0.717, 1.165) is 33.1 Å². The van der Waals surface area contributed by atoms with Crippen LogP contribution >= 0.6 is 15.9 Å². The number of fused-ring (bicyclic) bond motifs is 2. The SMILES string of the molecule is C=CC(=O)N1CC(NC(=O)Cn2c(C)c(C(=O)N3CCc4ccccc4[C@H]3C)c3cc(Br)cc(C)c32)C1. The van der Waals surface area contributed by atoms with Crippen LogP contribution in [0.5, 0.6) is 0 Å². The van der Waals surface area contributed by atoms with Crippen molar-refractivity contribution in [1.82, 2.24) is 19.7 Å². The summed E-state index contributed by atoms with van der Waals surface area (Å²) in [5.41, 5.74) is 5.77. The normalized spacial score (nSPS) is 17.4. The van der Waals surface area contributed by atoms with Crippen molar-refractivity contribution in [2.24, 2.45) is 0 Å². The van der Waals surface area contributed by atoms with Crippen LogP contribution in [-0.2, 0) is 22.6 Å². The Morgan fingerprint density at radius 3 is 2.62 bits per heavy atom. The molecule has 1 saturated heterocycles. The predicted octanol–water partition coefficient (Wildman–Crippen LogP) is 4.29. The van der Waals surface area contributed by atoms with E-state index in [2.05, 4.69) is 46.9 Å². The molecular formula is C29H31BrN4O3. The number of nitrogens with zero attached hydrogens (tertiary/aromatic N) is 3. The fourth-order valence-electron chi connectivity index (χ4n) is 5.74. The minimum Gasteiger partial charge on any atom is -0.348 e. The average Bonchev–Trinajstić information content (AvgIpc) is 3.11. The number of carbonyl (C=O) groups excluding carboxylic acids is 3. The highest BCUT2D eigenvalue weighted by Crippen LogP contribution is 2.36. The van der Waals surface area contributed by atoms with Crippen LogP contribution in [0, 0.1) is 13.8 Å². The van der Waals surface area contributed by atoms with E-state index in [-0.39, 0.29) is 36.3 Å². The first-order valence-corrected chi connectivity index (χ1v) is 13.4. The van der Waals surface area contributed by atoms with Gasteiger partial charge in [0.25, 0.3) is 5.91 Å². The summed E-state index contributed by atoms with van der Waals surface area (Å²) in [5.74, 6) is -0.285. The molecule has 0 radical (unpaired) electrons. The van der Waals surface area contributed by atoms with Gasteiger partial charge in [-0.2, -0.15) is 0 Å². The Hall–Kier alpha value is -3.39. The van der Waals surface area contributed by atoms with Crippen molar-refractivity contribution in [2.75, 3.05) is 19.6 Å². The third kappa shape index (κ3) is 4.48. The molecule has 0 unspecified atom stereocenters. The highest BCUT2D eigenvalue weighted by atomic mass is 79.9. The number of likely N-dealkylation sites (tertiary alicyclic amines) is 1. The maximum absolute atomic E-state index is 14.1. The molecule has 0 spiro atoms. The number of aryl methyl sites for hydroxylation is 1. The smallest absolute Gasteiger partial charge is 0.256 e. The Morgan fingerprint density at radius 1 is 1.16 bits per heavy atom. The molecule has 5 rings (SSSR count). The second kappa shape index (κ2) is 9.82. The Balaban J connectivity index is 1.45. The summed E-state index contributed by atoms with van der Waals surface area (Å²) in [6, 6.07) is 12.2. The molecule has 2 aliphatic heterocycles. The van der Waals surface area contributed by atoms with Crippen LogP contribution in [0.2, 0.25) is 0 Å². The molecule has 192 valence electrons. The number of rotatable bonds is 5. The lowest BCUT2D eigenvalue weighted by Gasteiger charge is -2.39. The number of nitrogens with one attached hydrogen (secondary N) is 1. The van der Waals surface area contributed by atoms with Gasteiger partial charge in [-0.15, -0.1) is 0 Å². The summed E-state index contributed by atoms with van der Waals surface area (Å²) in [6.07, 6.45) is 2.11. The zero-order chi connectivity index (χ0) is 26.4. The van der Waals surface area contributed by atoms with Gasteiger partial charge in [-0.3, -0.25) is 14.4 Å². The number of aromatic nitrogens is 1. The lowest BCUT2D eigenvalue weighted by Crippen LogP contribution is -2.61. The summed E-state index contributed by atoms with van der Waals surface area (Å²) in [7, 11) is 0. The molecule has 37 heavy (non-hydrogen) atoms. The Bertz CT molecular complexity index is 1440. The maximum atomic E-state index is 14.1. The first kappa shape index (κ1) is 25.3. The van der Waals surface area contributed by atoms with Gasteiger partial charge in [-0.05, 0) is 62.1 Å². The van der Waals surface area contributed by atoms with Crippen LogP contribution in [0.1, 0.15) is 45.7 Å². The molecule has 1 fully saturated rings. The van der Waals surface area contributed by atoms with E-state index in [0.29, 0.717) is 25.2 Å². The molecule has 2 aromatic carbocycles. The van der Waals surface area contributed by atoms with Gasteiger partial charge in [0.2, 0.25) is 11.8 Å². The lowest BCUT2D eigenvalue weighted by molar-refractivity contribution is -0.133. The first-order valence-electron chi connectivity index (χ1n) is 12.6. The van der Waals surface area contributed by atoms with Gasteiger partial charge in [0.05, 0.1) is 23.2 Å². The van der Waals surface area contributed by atoms with Gasteiger partial charge in [0, 0.05) is 35.2 Å². The van der Waals surface area contributed by atoms with E-state index in [9.17, 15) is 14.4 Å². The van der Waals surface area contributed by atoms with Crippen molar-refractivity contribution >= 4 is 44.6 Å². The molecule has 1 aromatic heterocycles. The largest absolute Gasteiger partial charge is 0.348 e. The van der Waals surface area contributed by atoms with Crippen LogP contribution in [0.15, 0.2) is 53.5 Å². The number of hydrogen-bond acceptors (Lipinski definition) is 3. The summed E-state index contributed by atoms with van der Waals surface area (Å²) >= 11 is 3.60. The third-order valence-electron chi connectivity index (χ3n) is 7.68. The topological polar surface area (TPSA) is 74.6 Å². The molecular weight excluding hydrogens is 532 g/mol. The molecule has 3 amide bonds. The summed E-state index contributed by atoms with van der Waals surface area (Å²) in [6.45, 7) is 11.2. The molecule has 0 bridgehead atoms. The summed E-state index contributed by atoms with van der Waals surface area (Å²) in [4.78, 5) is 42.4. The average molecular weight is 563 g/mol. The van der Waals surface area contributed by atoms with Gasteiger partial charge in [0.1, 0.15) is 6.54 Å². The van der Waals surface area contributed by atoms with E-state index < -0.39 is 0 Å². The maximum Gasteiger partial charge on any atom is 0.256 e. The number of hydrogen-bond donors (Lipinski definition) is 1. The Kier molecular flexibility index (Phi) is 6.70. The zero-order valence-electron chi connectivity index (χ0n) is 21.4. The van der Waals surface area contributed by atoms with Gasteiger partial charge in [0.15, 0.2) is 0 Å². The van der Waals surface area contributed by atoms with Crippen LogP contribution in [0.25, 0.3) is 10.9 Å². The highest BCUT2D eigenvalue weighted by molar-refractivity contribution is 9.10. The van der Waals surface area contributed by atoms with Crippen molar-refractivity contribution in [2.45, 2.75) is 45.8 Å². The van der Waals surface area contributed by atoms with Crippen molar-refractivity contribution in [3.63, 3.8) is 0 Å². The molecule has 3 aromatic rings. The second-order valence-corrected chi connectivity index (χ2v) is 10.9. The van der Waals surface area contributed by atoms with Crippen molar-refractivity contribution in [1.29, 1.82) is 0 Å². The van der Waals surface area contributed by atoms with Gasteiger partial charge >= 0.3 is 0 Å². The summed E-state index contributed by atoms with van der Waals surface area (Å²) < 4.78 is 2.85. The van der Waals surface area contributed by atoms with Gasteiger partial charge < -0.3 is 19.7 Å². The highest BCUT2D eigenvalue weighted by Gasteiger charge is 2.33. The monoisotopic (exact) mass is 562 g/mol. The first-order chi connectivity index (χ1) is 17.7. The van der Waals surface area contributed by atoms with Gasteiger partial charge in [-0.1, -0.05) is 46.8 Å². The second-order valence-electron chi connectivity index (χ2n) is 10.0. The number of carbonyl (C=O) groups is 3. The molecule has 1 atom stereocenters. The minimum atomic E-state index is -0.141. The van der Waals surface area contributed by atoms with Crippen LogP contribution in [0.4, 0.5) is 0 Å². The zero-order valence-corrected chi connectivity index (χ0v) is 23.0. The Labute approximate surface area is 225 Å². The fraction of sp³-hybridized carbons (Fsp3) is 0.345. The molecule has 7 nitrogen and oxygen atoms in total. The van der Waals surface area contributed by atoms with Crippen molar-refractivity contribution < 1.29 is 14.4 Å². The van der Waals surface area contributed by atoms with E-state index in [4.69, 9.17) is 0 Å². The number of halogens is 1.